The standard InChI is InChI=1S/C28H29N3O2/c1-20(2)26(22-16-10-6-11-17-22)30(3)27(32)24-25(21-14-8-5-9-15-21)29-31(28(24)33-4)23-18-12-7-13-19-23/h5-20,26H,1-4H3. The summed E-state index contributed by atoms with van der Waals surface area (Å²) < 4.78 is 7.51. The molecule has 1 aromatic heterocycles. The summed E-state index contributed by atoms with van der Waals surface area (Å²) in [6.07, 6.45) is 0. The molecule has 1 heterocycles. The first-order valence-electron chi connectivity index (χ1n) is 11.1. The maximum Gasteiger partial charge on any atom is 0.261 e. The van der Waals surface area contributed by atoms with Gasteiger partial charge < -0.3 is 9.64 Å². The molecule has 168 valence electrons. The fraction of sp³-hybridized carbons (Fsp3) is 0.214. The van der Waals surface area contributed by atoms with Gasteiger partial charge in [0, 0.05) is 12.6 Å². The van der Waals surface area contributed by atoms with E-state index in [1.54, 1.807) is 16.7 Å². The van der Waals surface area contributed by atoms with Crippen molar-refractivity contribution in [3.05, 3.63) is 102 Å². The SMILES string of the molecule is COc1c(C(=O)N(C)C(c2ccccc2)C(C)C)c(-c2ccccc2)nn1-c1ccccc1. The van der Waals surface area contributed by atoms with Gasteiger partial charge in [0.15, 0.2) is 0 Å². The summed E-state index contributed by atoms with van der Waals surface area (Å²) in [6, 6.07) is 29.5. The molecule has 1 unspecified atom stereocenters. The molecule has 4 rings (SSSR count). The van der Waals surface area contributed by atoms with E-state index in [9.17, 15) is 4.79 Å². The summed E-state index contributed by atoms with van der Waals surface area (Å²) in [5.41, 5.74) is 3.85. The van der Waals surface area contributed by atoms with Gasteiger partial charge in [-0.3, -0.25) is 4.79 Å². The number of rotatable bonds is 7. The average molecular weight is 440 g/mol. The summed E-state index contributed by atoms with van der Waals surface area (Å²) in [4.78, 5) is 15.9. The highest BCUT2D eigenvalue weighted by molar-refractivity contribution is 6.02. The number of amides is 1. The van der Waals surface area contributed by atoms with Crippen LogP contribution in [0.15, 0.2) is 91.0 Å². The average Bonchev–Trinajstić information content (AvgIpc) is 3.25. The Labute approximate surface area is 195 Å². The normalized spacial score (nSPS) is 11.9. The molecule has 0 aliphatic rings. The Balaban J connectivity index is 1.88. The van der Waals surface area contributed by atoms with Gasteiger partial charge in [-0.25, -0.2) is 0 Å². The summed E-state index contributed by atoms with van der Waals surface area (Å²) in [5, 5.41) is 4.85. The second-order valence-electron chi connectivity index (χ2n) is 8.36. The first kappa shape index (κ1) is 22.3. The Hall–Kier alpha value is -3.86. The molecule has 0 saturated carbocycles. The quantitative estimate of drug-likeness (QED) is 0.354. The highest BCUT2D eigenvalue weighted by atomic mass is 16.5. The number of aromatic nitrogens is 2. The predicted molar refractivity (Wildman–Crippen MR) is 132 cm³/mol. The van der Waals surface area contributed by atoms with Gasteiger partial charge in [0.1, 0.15) is 11.3 Å². The lowest BCUT2D eigenvalue weighted by atomic mass is 9.94. The fourth-order valence-electron chi connectivity index (χ4n) is 4.33. The van der Waals surface area contributed by atoms with Gasteiger partial charge in [0.25, 0.3) is 5.91 Å². The Kier molecular flexibility index (Phi) is 6.59. The van der Waals surface area contributed by atoms with Crippen molar-refractivity contribution in [2.24, 2.45) is 5.92 Å². The maximum atomic E-state index is 14.1. The number of methoxy groups -OCH3 is 1. The van der Waals surface area contributed by atoms with Gasteiger partial charge in [-0.05, 0) is 23.6 Å². The van der Waals surface area contributed by atoms with Crippen molar-refractivity contribution in [2.45, 2.75) is 19.9 Å². The lowest BCUT2D eigenvalue weighted by Gasteiger charge is -2.32. The zero-order chi connectivity index (χ0) is 23.4. The largest absolute Gasteiger partial charge is 0.480 e. The van der Waals surface area contributed by atoms with E-state index >= 15 is 0 Å². The molecule has 4 aromatic rings. The van der Waals surface area contributed by atoms with Crippen LogP contribution in [0.5, 0.6) is 5.88 Å². The molecule has 0 fully saturated rings. The van der Waals surface area contributed by atoms with Crippen LogP contribution in [0.1, 0.15) is 35.8 Å². The molecular weight excluding hydrogens is 410 g/mol. The van der Waals surface area contributed by atoms with Crippen molar-refractivity contribution in [1.29, 1.82) is 0 Å². The minimum atomic E-state index is -0.129. The Morgan fingerprint density at radius 3 is 1.97 bits per heavy atom. The highest BCUT2D eigenvalue weighted by Gasteiger charge is 2.33. The summed E-state index contributed by atoms with van der Waals surface area (Å²) in [6.45, 7) is 4.26. The van der Waals surface area contributed by atoms with Crippen LogP contribution >= 0.6 is 0 Å². The molecule has 0 N–H and O–H groups in total. The predicted octanol–water partition coefficient (Wildman–Crippen LogP) is 6.02. The molecule has 3 aromatic carbocycles. The van der Waals surface area contributed by atoms with E-state index in [0.29, 0.717) is 17.1 Å². The van der Waals surface area contributed by atoms with Crippen molar-refractivity contribution >= 4 is 5.91 Å². The number of nitrogens with zero attached hydrogens (tertiary/aromatic N) is 3. The number of carbonyl (C=O) groups excluding carboxylic acids is 1. The van der Waals surface area contributed by atoms with Crippen LogP contribution in [-0.2, 0) is 0 Å². The van der Waals surface area contributed by atoms with E-state index < -0.39 is 0 Å². The van der Waals surface area contributed by atoms with Gasteiger partial charge in [-0.2, -0.15) is 9.78 Å². The number of para-hydroxylation sites is 1. The highest BCUT2D eigenvalue weighted by Crippen LogP contribution is 2.36. The van der Waals surface area contributed by atoms with E-state index in [4.69, 9.17) is 9.84 Å². The van der Waals surface area contributed by atoms with Gasteiger partial charge in [0.2, 0.25) is 5.88 Å². The third kappa shape index (κ3) is 4.40. The fourth-order valence-corrected chi connectivity index (χ4v) is 4.33. The number of hydrogen-bond acceptors (Lipinski definition) is 3. The molecule has 0 radical (unpaired) electrons. The molecule has 0 aliphatic carbocycles. The van der Waals surface area contributed by atoms with Gasteiger partial charge in [-0.1, -0.05) is 92.7 Å². The van der Waals surface area contributed by atoms with Crippen LogP contribution in [0.4, 0.5) is 0 Å². The molecule has 1 amide bonds. The topological polar surface area (TPSA) is 47.4 Å². The summed E-state index contributed by atoms with van der Waals surface area (Å²) in [7, 11) is 3.44. The Bertz CT molecular complexity index is 1200. The number of benzene rings is 3. The van der Waals surface area contributed by atoms with Gasteiger partial charge >= 0.3 is 0 Å². The van der Waals surface area contributed by atoms with E-state index in [2.05, 4.69) is 26.0 Å². The van der Waals surface area contributed by atoms with Crippen LogP contribution in [0.2, 0.25) is 0 Å². The minimum absolute atomic E-state index is 0.0906. The van der Waals surface area contributed by atoms with Crippen LogP contribution in [0.3, 0.4) is 0 Å². The number of ether oxygens (including phenoxy) is 1. The van der Waals surface area contributed by atoms with Crippen molar-refractivity contribution in [3.63, 3.8) is 0 Å². The Morgan fingerprint density at radius 1 is 0.879 bits per heavy atom. The third-order valence-electron chi connectivity index (χ3n) is 5.81. The molecule has 33 heavy (non-hydrogen) atoms. The van der Waals surface area contributed by atoms with Crippen LogP contribution < -0.4 is 4.74 Å². The molecule has 0 aliphatic heterocycles. The van der Waals surface area contributed by atoms with Gasteiger partial charge in [0.05, 0.1) is 18.8 Å². The van der Waals surface area contributed by atoms with E-state index in [1.807, 2.05) is 85.9 Å². The molecule has 0 spiro atoms. The van der Waals surface area contributed by atoms with E-state index in [1.165, 1.54) is 0 Å². The number of carbonyl (C=O) groups is 1. The molecule has 5 nitrogen and oxygen atoms in total. The van der Waals surface area contributed by atoms with Crippen LogP contribution in [0, 0.1) is 5.92 Å². The molecule has 1 atom stereocenters. The summed E-state index contributed by atoms with van der Waals surface area (Å²) in [5.74, 6) is 0.514. The molecule has 0 saturated heterocycles. The zero-order valence-electron chi connectivity index (χ0n) is 19.5. The van der Waals surface area contributed by atoms with Crippen molar-refractivity contribution < 1.29 is 9.53 Å². The first-order valence-corrected chi connectivity index (χ1v) is 11.1. The molecular formula is C28H29N3O2. The maximum absolute atomic E-state index is 14.1. The van der Waals surface area contributed by atoms with Crippen LogP contribution in [0.25, 0.3) is 16.9 Å². The van der Waals surface area contributed by atoms with Crippen molar-refractivity contribution in [3.8, 4) is 22.8 Å². The lowest BCUT2D eigenvalue weighted by Crippen LogP contribution is -2.34. The second-order valence-corrected chi connectivity index (χ2v) is 8.36. The van der Waals surface area contributed by atoms with Crippen molar-refractivity contribution in [1.82, 2.24) is 14.7 Å². The first-order chi connectivity index (χ1) is 16.0. The Morgan fingerprint density at radius 2 is 1.42 bits per heavy atom. The van der Waals surface area contributed by atoms with E-state index in [0.717, 1.165) is 16.8 Å². The lowest BCUT2D eigenvalue weighted by molar-refractivity contribution is 0.0684. The minimum Gasteiger partial charge on any atom is -0.480 e. The monoisotopic (exact) mass is 439 g/mol. The summed E-state index contributed by atoms with van der Waals surface area (Å²) >= 11 is 0. The zero-order valence-corrected chi connectivity index (χ0v) is 19.5. The van der Waals surface area contributed by atoms with E-state index in [-0.39, 0.29) is 17.9 Å². The molecule has 5 heteroatoms. The third-order valence-corrected chi connectivity index (χ3v) is 5.81. The smallest absolute Gasteiger partial charge is 0.261 e. The van der Waals surface area contributed by atoms with Crippen LogP contribution in [-0.4, -0.2) is 34.7 Å². The number of hydrogen-bond donors (Lipinski definition) is 0. The van der Waals surface area contributed by atoms with Crippen molar-refractivity contribution in [2.75, 3.05) is 14.2 Å². The second kappa shape index (κ2) is 9.74. The van der Waals surface area contributed by atoms with Gasteiger partial charge in [-0.15, -0.1) is 0 Å². The molecule has 0 bridgehead atoms.